The highest BCUT2D eigenvalue weighted by Gasteiger charge is 2.21. The number of hydrogen-bond acceptors (Lipinski definition) is 1. The molecule has 2 atom stereocenters. The Morgan fingerprint density at radius 2 is 0.909 bits per heavy atom. The predicted molar refractivity (Wildman–Crippen MR) is 94.0 cm³/mol. The van der Waals surface area contributed by atoms with Crippen LogP contribution in [0.3, 0.4) is 0 Å². The Morgan fingerprint density at radius 3 is 1.32 bits per heavy atom. The fourth-order valence-corrected chi connectivity index (χ4v) is 3.78. The van der Waals surface area contributed by atoms with Gasteiger partial charge in [0, 0.05) is 6.04 Å². The van der Waals surface area contributed by atoms with Gasteiger partial charge in [0.1, 0.15) is 0 Å². The molecule has 1 aliphatic carbocycles. The van der Waals surface area contributed by atoms with Crippen LogP contribution in [0.2, 0.25) is 0 Å². The van der Waals surface area contributed by atoms with E-state index in [0.717, 1.165) is 12.8 Å². The van der Waals surface area contributed by atoms with E-state index < -0.39 is 0 Å². The molecule has 0 bridgehead atoms. The van der Waals surface area contributed by atoms with Crippen LogP contribution in [0.25, 0.3) is 0 Å². The third-order valence-corrected chi connectivity index (χ3v) is 5.18. The Kier molecular flexibility index (Phi) is 5.29. The van der Waals surface area contributed by atoms with Gasteiger partial charge < -0.3 is 5.73 Å². The van der Waals surface area contributed by atoms with Crippen molar-refractivity contribution < 1.29 is 0 Å². The summed E-state index contributed by atoms with van der Waals surface area (Å²) in [5.41, 5.74) is 9.33. The Balaban J connectivity index is 1.76. The zero-order valence-corrected chi connectivity index (χ0v) is 13.3. The lowest BCUT2D eigenvalue weighted by molar-refractivity contribution is 0.504. The Bertz CT molecular complexity index is 497. The summed E-state index contributed by atoms with van der Waals surface area (Å²) in [6, 6.07) is 22.4. The van der Waals surface area contributed by atoms with E-state index in [-0.39, 0.29) is 0 Å². The summed E-state index contributed by atoms with van der Waals surface area (Å²) >= 11 is 0. The van der Waals surface area contributed by atoms with Crippen molar-refractivity contribution in [2.45, 2.75) is 56.4 Å². The molecule has 2 aromatic carbocycles. The molecule has 0 spiro atoms. The quantitative estimate of drug-likeness (QED) is 0.805. The lowest BCUT2D eigenvalue weighted by Crippen LogP contribution is -2.20. The van der Waals surface area contributed by atoms with Crippen molar-refractivity contribution in [2.75, 3.05) is 0 Å². The van der Waals surface area contributed by atoms with Gasteiger partial charge in [0.05, 0.1) is 0 Å². The second-order valence-corrected chi connectivity index (χ2v) is 6.71. The summed E-state index contributed by atoms with van der Waals surface area (Å²) in [6.07, 6.45) is 7.31. The summed E-state index contributed by atoms with van der Waals surface area (Å²) in [5.74, 6) is 1.33. The number of hydrogen-bond donors (Lipinski definition) is 1. The topological polar surface area (TPSA) is 26.0 Å². The molecular weight excluding hydrogens is 266 g/mol. The number of nitrogens with two attached hydrogens (primary N) is 1. The second-order valence-electron chi connectivity index (χ2n) is 6.71. The molecule has 1 heteroatoms. The maximum atomic E-state index is 6.35. The molecule has 0 amide bonds. The lowest BCUT2D eigenvalue weighted by Gasteiger charge is -2.20. The molecule has 2 aromatic rings. The van der Waals surface area contributed by atoms with E-state index in [4.69, 9.17) is 5.73 Å². The third kappa shape index (κ3) is 3.98. The first-order valence-electron chi connectivity index (χ1n) is 8.68. The van der Waals surface area contributed by atoms with E-state index in [0.29, 0.717) is 17.9 Å². The highest BCUT2D eigenvalue weighted by molar-refractivity contribution is 5.22. The molecule has 0 aromatic heterocycles. The minimum absolute atomic E-state index is 0.357. The Labute approximate surface area is 134 Å². The van der Waals surface area contributed by atoms with Gasteiger partial charge in [0.2, 0.25) is 0 Å². The molecule has 116 valence electrons. The smallest absolute Gasteiger partial charge is 0.00392 e. The molecule has 1 aliphatic rings. The van der Waals surface area contributed by atoms with E-state index >= 15 is 0 Å². The van der Waals surface area contributed by atoms with Crippen molar-refractivity contribution >= 4 is 0 Å². The summed E-state index contributed by atoms with van der Waals surface area (Å²) < 4.78 is 0. The van der Waals surface area contributed by atoms with Crippen LogP contribution in [0.1, 0.15) is 61.5 Å². The van der Waals surface area contributed by atoms with Crippen LogP contribution in [-0.2, 0) is 0 Å². The highest BCUT2D eigenvalue weighted by Crippen LogP contribution is 2.35. The Hall–Kier alpha value is -1.60. The van der Waals surface area contributed by atoms with E-state index in [1.54, 1.807) is 0 Å². The summed E-state index contributed by atoms with van der Waals surface area (Å²) in [5, 5.41) is 0. The SMILES string of the molecule is NC1CCC(c2ccccc2)CCC(c2ccccc2)CC1. The standard InChI is InChI=1S/C21H27N/c22-21-15-13-19(17-7-3-1-4-8-17)11-12-20(14-16-21)18-9-5-2-6-10-18/h1-10,19-21H,11-16,22H2. The largest absolute Gasteiger partial charge is 0.328 e. The zero-order chi connectivity index (χ0) is 15.2. The molecule has 0 heterocycles. The van der Waals surface area contributed by atoms with Gasteiger partial charge in [0.15, 0.2) is 0 Å². The van der Waals surface area contributed by atoms with E-state index in [1.807, 2.05) is 0 Å². The van der Waals surface area contributed by atoms with Gasteiger partial charge in [-0.2, -0.15) is 0 Å². The third-order valence-electron chi connectivity index (χ3n) is 5.18. The van der Waals surface area contributed by atoms with Crippen molar-refractivity contribution in [3.8, 4) is 0 Å². The maximum Gasteiger partial charge on any atom is 0.00392 e. The first kappa shape index (κ1) is 15.3. The fourth-order valence-electron chi connectivity index (χ4n) is 3.78. The van der Waals surface area contributed by atoms with Gasteiger partial charge >= 0.3 is 0 Å². The molecule has 22 heavy (non-hydrogen) atoms. The van der Waals surface area contributed by atoms with Crippen molar-refractivity contribution in [3.63, 3.8) is 0 Å². The molecule has 2 N–H and O–H groups in total. The molecule has 1 saturated carbocycles. The van der Waals surface area contributed by atoms with Crippen LogP contribution >= 0.6 is 0 Å². The fraction of sp³-hybridized carbons (Fsp3) is 0.429. The van der Waals surface area contributed by atoms with Gasteiger partial charge in [-0.3, -0.25) is 0 Å². The van der Waals surface area contributed by atoms with Gasteiger partial charge in [0.25, 0.3) is 0 Å². The summed E-state index contributed by atoms with van der Waals surface area (Å²) in [4.78, 5) is 0. The second kappa shape index (κ2) is 7.60. The molecule has 1 nitrogen and oxygen atoms in total. The highest BCUT2D eigenvalue weighted by atomic mass is 14.6. The minimum atomic E-state index is 0.357. The van der Waals surface area contributed by atoms with Crippen molar-refractivity contribution in [3.05, 3.63) is 71.8 Å². The number of rotatable bonds is 2. The van der Waals surface area contributed by atoms with Crippen molar-refractivity contribution in [2.24, 2.45) is 5.73 Å². The van der Waals surface area contributed by atoms with Crippen LogP contribution in [0.15, 0.2) is 60.7 Å². The van der Waals surface area contributed by atoms with E-state index in [2.05, 4.69) is 60.7 Å². The van der Waals surface area contributed by atoms with Crippen LogP contribution in [0.4, 0.5) is 0 Å². The normalized spacial score (nSPS) is 26.7. The van der Waals surface area contributed by atoms with Gasteiger partial charge in [-0.05, 0) is 61.5 Å². The van der Waals surface area contributed by atoms with Gasteiger partial charge in [-0.25, -0.2) is 0 Å². The Morgan fingerprint density at radius 1 is 0.545 bits per heavy atom. The predicted octanol–water partition coefficient (Wildman–Crippen LogP) is 5.24. The molecule has 0 radical (unpaired) electrons. The lowest BCUT2D eigenvalue weighted by atomic mass is 9.85. The van der Waals surface area contributed by atoms with Crippen molar-refractivity contribution in [1.82, 2.24) is 0 Å². The minimum Gasteiger partial charge on any atom is -0.328 e. The zero-order valence-electron chi connectivity index (χ0n) is 13.3. The molecule has 3 rings (SSSR count). The average Bonchev–Trinajstić information content (AvgIpc) is 2.67. The molecular formula is C21H27N. The molecule has 0 aliphatic heterocycles. The van der Waals surface area contributed by atoms with Crippen LogP contribution in [-0.4, -0.2) is 6.04 Å². The molecule has 1 fully saturated rings. The molecule has 0 saturated heterocycles. The van der Waals surface area contributed by atoms with Crippen LogP contribution in [0.5, 0.6) is 0 Å². The molecule has 2 unspecified atom stereocenters. The first-order valence-corrected chi connectivity index (χ1v) is 8.68. The van der Waals surface area contributed by atoms with Crippen LogP contribution < -0.4 is 5.73 Å². The van der Waals surface area contributed by atoms with E-state index in [9.17, 15) is 0 Å². The summed E-state index contributed by atoms with van der Waals surface area (Å²) in [7, 11) is 0. The maximum absolute atomic E-state index is 6.35. The van der Waals surface area contributed by atoms with Gasteiger partial charge in [-0.15, -0.1) is 0 Å². The monoisotopic (exact) mass is 293 g/mol. The summed E-state index contributed by atoms with van der Waals surface area (Å²) in [6.45, 7) is 0. The van der Waals surface area contributed by atoms with Gasteiger partial charge in [-0.1, -0.05) is 60.7 Å². The van der Waals surface area contributed by atoms with E-state index in [1.165, 1.54) is 36.8 Å². The number of benzene rings is 2. The average molecular weight is 293 g/mol. The first-order chi connectivity index (χ1) is 10.8. The van der Waals surface area contributed by atoms with Crippen molar-refractivity contribution in [1.29, 1.82) is 0 Å². The van der Waals surface area contributed by atoms with Crippen LogP contribution in [0, 0.1) is 0 Å².